The largest absolute Gasteiger partial charge is 0.376 e. The summed E-state index contributed by atoms with van der Waals surface area (Å²) in [6.45, 7) is 9.52. The van der Waals surface area contributed by atoms with E-state index in [2.05, 4.69) is 24.3 Å². The lowest BCUT2D eigenvalue weighted by Crippen LogP contribution is -2.65. The smallest absolute Gasteiger partial charge is 0.257 e. The van der Waals surface area contributed by atoms with Crippen molar-refractivity contribution in [2.24, 2.45) is 34.3 Å². The fourth-order valence-electron chi connectivity index (χ4n) is 9.22. The molecule has 1 spiro atoms. The van der Waals surface area contributed by atoms with E-state index in [-0.39, 0.29) is 47.5 Å². The number of amides is 4. The molecule has 0 unspecified atom stereocenters. The van der Waals surface area contributed by atoms with Crippen molar-refractivity contribution < 1.29 is 23.9 Å². The van der Waals surface area contributed by atoms with E-state index in [4.69, 9.17) is 10.5 Å². The lowest BCUT2D eigenvalue weighted by atomic mass is 9.70. The summed E-state index contributed by atoms with van der Waals surface area (Å²) in [4.78, 5) is 61.7. The van der Waals surface area contributed by atoms with Gasteiger partial charge in [0.05, 0.1) is 30.3 Å². The van der Waals surface area contributed by atoms with Gasteiger partial charge in [0.2, 0.25) is 17.7 Å². The maximum Gasteiger partial charge on any atom is 0.257 e. The van der Waals surface area contributed by atoms with Crippen molar-refractivity contribution in [2.75, 3.05) is 45.9 Å². The summed E-state index contributed by atoms with van der Waals surface area (Å²) in [6.07, 6.45) is 11.2. The molecular weight excluding hydrogens is 658 g/mol. The molecule has 4 heterocycles. The van der Waals surface area contributed by atoms with Gasteiger partial charge in [-0.25, -0.2) is 0 Å². The summed E-state index contributed by atoms with van der Waals surface area (Å²) in [5.41, 5.74) is 7.00. The number of benzene rings is 1. The molecule has 12 heteroatoms. The predicted molar refractivity (Wildman–Crippen MR) is 196 cm³/mol. The second kappa shape index (κ2) is 14.9. The topological polar surface area (TPSA) is 143 Å². The van der Waals surface area contributed by atoms with E-state index in [0.717, 1.165) is 37.7 Å². The van der Waals surface area contributed by atoms with Crippen LogP contribution in [0.25, 0.3) is 0 Å². The highest BCUT2D eigenvalue weighted by atomic mass is 16.5. The quantitative estimate of drug-likeness (QED) is 0.344. The Kier molecular flexibility index (Phi) is 10.5. The first-order chi connectivity index (χ1) is 25.0. The first-order valence-electron chi connectivity index (χ1n) is 19.5. The summed E-state index contributed by atoms with van der Waals surface area (Å²) in [6, 6.07) is 8.99. The van der Waals surface area contributed by atoms with Gasteiger partial charge in [0, 0.05) is 69.4 Å². The molecule has 12 nitrogen and oxygen atoms in total. The fourth-order valence-corrected chi connectivity index (χ4v) is 9.22. The zero-order valence-corrected chi connectivity index (χ0v) is 31.2. The van der Waals surface area contributed by atoms with Gasteiger partial charge in [-0.1, -0.05) is 63.4 Å². The molecule has 1 aromatic heterocycles. The lowest BCUT2D eigenvalue weighted by Gasteiger charge is -2.50. The van der Waals surface area contributed by atoms with Crippen LogP contribution < -0.4 is 11.1 Å². The average molecular weight is 716 g/mol. The van der Waals surface area contributed by atoms with Crippen LogP contribution in [0.15, 0.2) is 42.7 Å². The highest BCUT2D eigenvalue weighted by Gasteiger charge is 2.62. The maximum atomic E-state index is 14.6. The van der Waals surface area contributed by atoms with Crippen molar-refractivity contribution in [3.63, 3.8) is 0 Å². The zero-order valence-electron chi connectivity index (χ0n) is 31.2. The van der Waals surface area contributed by atoms with E-state index in [0.29, 0.717) is 57.4 Å². The highest BCUT2D eigenvalue weighted by molar-refractivity contribution is 5.96. The molecule has 2 saturated carbocycles. The number of rotatable bonds is 12. The SMILES string of the molecule is C[C@@H](OCC1CCCCC1)[C@H](NC(=O)[C@@H]1CN(C(=O)c2cnn(Cc3ccccc3)c2)CC12CN(C(=O)[C@H]1CC1(C)C)C2)C(=O)N1CCC[C@H]1CN. The minimum absolute atomic E-state index is 0.00744. The Bertz CT molecular complexity index is 1610. The van der Waals surface area contributed by atoms with Crippen molar-refractivity contribution in [3.05, 3.63) is 53.9 Å². The predicted octanol–water partition coefficient (Wildman–Crippen LogP) is 3.30. The molecule has 1 aromatic carbocycles. The monoisotopic (exact) mass is 715 g/mol. The van der Waals surface area contributed by atoms with Crippen molar-refractivity contribution >= 4 is 23.6 Å². The molecule has 4 amide bonds. The molecule has 5 aliphatic rings. The van der Waals surface area contributed by atoms with E-state index in [1.807, 2.05) is 47.1 Å². The third-order valence-electron chi connectivity index (χ3n) is 12.7. The van der Waals surface area contributed by atoms with Gasteiger partial charge < -0.3 is 30.5 Å². The van der Waals surface area contributed by atoms with Gasteiger partial charge >= 0.3 is 0 Å². The normalized spacial score (nSPS) is 26.2. The molecule has 3 N–H and O–H groups in total. The van der Waals surface area contributed by atoms with Crippen LogP contribution in [0, 0.1) is 28.6 Å². The van der Waals surface area contributed by atoms with E-state index < -0.39 is 23.5 Å². The summed E-state index contributed by atoms with van der Waals surface area (Å²) in [7, 11) is 0. The number of carbonyl (C=O) groups is 4. The van der Waals surface area contributed by atoms with Gasteiger partial charge in [-0.3, -0.25) is 23.9 Å². The molecule has 2 aromatic rings. The number of nitrogens with two attached hydrogens (primary N) is 1. The van der Waals surface area contributed by atoms with Gasteiger partial charge in [-0.2, -0.15) is 5.10 Å². The minimum atomic E-state index is -0.883. The third kappa shape index (κ3) is 7.51. The number of aromatic nitrogens is 2. The van der Waals surface area contributed by atoms with Gasteiger partial charge in [0.25, 0.3) is 5.91 Å². The highest BCUT2D eigenvalue weighted by Crippen LogP contribution is 2.54. The lowest BCUT2D eigenvalue weighted by molar-refractivity contribution is -0.153. The Morgan fingerprint density at radius 1 is 0.981 bits per heavy atom. The number of hydrogen-bond acceptors (Lipinski definition) is 7. The van der Waals surface area contributed by atoms with E-state index >= 15 is 0 Å². The number of likely N-dealkylation sites (tertiary alicyclic amines) is 3. The van der Waals surface area contributed by atoms with Crippen LogP contribution in [0.1, 0.15) is 88.1 Å². The summed E-state index contributed by atoms with van der Waals surface area (Å²) >= 11 is 0. The molecular formula is C40H57N7O5. The number of nitrogens with zero attached hydrogens (tertiary/aromatic N) is 5. The molecule has 52 heavy (non-hydrogen) atoms. The molecule has 5 atom stereocenters. The third-order valence-corrected chi connectivity index (χ3v) is 12.7. The second-order valence-corrected chi connectivity index (χ2v) is 17.0. The molecule has 7 rings (SSSR count). The first-order valence-corrected chi connectivity index (χ1v) is 19.5. The van der Waals surface area contributed by atoms with Crippen molar-refractivity contribution in [1.82, 2.24) is 29.8 Å². The van der Waals surface area contributed by atoms with Crippen molar-refractivity contribution in [2.45, 2.75) is 96.9 Å². The molecule has 0 bridgehead atoms. The summed E-state index contributed by atoms with van der Waals surface area (Å²) in [5, 5.41) is 7.62. The molecule has 2 aliphatic carbocycles. The van der Waals surface area contributed by atoms with Crippen LogP contribution in [0.5, 0.6) is 0 Å². The van der Waals surface area contributed by atoms with Crippen LogP contribution in [-0.4, -0.2) is 112 Å². The molecule has 3 aliphatic heterocycles. The van der Waals surface area contributed by atoms with Crippen molar-refractivity contribution in [3.8, 4) is 0 Å². The molecule has 3 saturated heterocycles. The van der Waals surface area contributed by atoms with Crippen LogP contribution in [-0.2, 0) is 25.7 Å². The number of carbonyl (C=O) groups excluding carboxylic acids is 4. The second-order valence-electron chi connectivity index (χ2n) is 17.0. The number of hydrogen-bond donors (Lipinski definition) is 2. The fraction of sp³-hybridized carbons (Fsp3) is 0.675. The van der Waals surface area contributed by atoms with E-state index in [1.54, 1.807) is 22.0 Å². The average Bonchev–Trinajstić information content (AvgIpc) is 3.61. The van der Waals surface area contributed by atoms with E-state index in [1.165, 1.54) is 19.3 Å². The van der Waals surface area contributed by atoms with Gasteiger partial charge in [-0.05, 0) is 55.9 Å². The molecule has 0 radical (unpaired) electrons. The Balaban J connectivity index is 1.09. The Morgan fingerprint density at radius 2 is 1.69 bits per heavy atom. The summed E-state index contributed by atoms with van der Waals surface area (Å²) < 4.78 is 8.14. The standard InChI is InChI=1S/C40H57N7O5/c1-27(52-23-29-13-8-5-9-14-29)34(38(51)47-16-10-15-31(47)18-41)43-35(48)33-22-44(24-40(33)25-45(26-40)37(50)32-17-39(32,2)3)36(49)30-19-42-46(21-30)20-28-11-6-4-7-12-28/h4,6-7,11-12,19,21,27,29,31-34H,5,8-10,13-18,20,22-26,41H2,1-3H3,(H,43,48)/t27-,31+,32-,33+,34+/m1/s1. The minimum Gasteiger partial charge on any atom is -0.376 e. The van der Waals surface area contributed by atoms with Crippen LogP contribution in [0.2, 0.25) is 0 Å². The Morgan fingerprint density at radius 3 is 2.38 bits per heavy atom. The van der Waals surface area contributed by atoms with Crippen LogP contribution in [0.4, 0.5) is 0 Å². The number of ether oxygens (including phenoxy) is 1. The van der Waals surface area contributed by atoms with Crippen LogP contribution in [0.3, 0.4) is 0 Å². The van der Waals surface area contributed by atoms with Gasteiger partial charge in [0.15, 0.2) is 0 Å². The Hall–Kier alpha value is -3.77. The zero-order chi connectivity index (χ0) is 36.6. The molecule has 5 fully saturated rings. The summed E-state index contributed by atoms with van der Waals surface area (Å²) in [5.74, 6) is -0.656. The van der Waals surface area contributed by atoms with Crippen molar-refractivity contribution in [1.29, 1.82) is 0 Å². The van der Waals surface area contributed by atoms with Gasteiger partial charge in [-0.15, -0.1) is 0 Å². The number of nitrogens with one attached hydrogen (secondary N) is 1. The Labute approximate surface area is 307 Å². The van der Waals surface area contributed by atoms with Gasteiger partial charge in [0.1, 0.15) is 6.04 Å². The first kappa shape index (κ1) is 36.6. The molecule has 282 valence electrons. The van der Waals surface area contributed by atoms with Crippen LogP contribution >= 0.6 is 0 Å². The maximum absolute atomic E-state index is 14.6. The van der Waals surface area contributed by atoms with E-state index in [9.17, 15) is 19.2 Å².